The van der Waals surface area contributed by atoms with Gasteiger partial charge in [0, 0.05) is 25.3 Å². The molecule has 1 aromatic rings. The third-order valence-corrected chi connectivity index (χ3v) is 4.35. The molecule has 26 heavy (non-hydrogen) atoms. The van der Waals surface area contributed by atoms with E-state index in [-0.39, 0.29) is 24.1 Å². The first-order valence-corrected chi connectivity index (χ1v) is 8.83. The minimum absolute atomic E-state index is 0.0494. The van der Waals surface area contributed by atoms with Crippen LogP contribution in [0.1, 0.15) is 26.3 Å². The van der Waals surface area contributed by atoms with Gasteiger partial charge >= 0.3 is 12.0 Å². The molecule has 1 aliphatic rings. The third-order valence-electron chi connectivity index (χ3n) is 4.35. The molecule has 1 fully saturated rings. The zero-order valence-electron chi connectivity index (χ0n) is 16.0. The van der Waals surface area contributed by atoms with Crippen LogP contribution in [0.2, 0.25) is 0 Å². The van der Waals surface area contributed by atoms with Crippen molar-refractivity contribution in [3.05, 3.63) is 29.8 Å². The highest BCUT2D eigenvalue weighted by Gasteiger charge is 2.25. The number of carbonyl (C=O) groups is 2. The Labute approximate surface area is 154 Å². The van der Waals surface area contributed by atoms with Gasteiger partial charge in [0.05, 0.1) is 19.3 Å². The van der Waals surface area contributed by atoms with Crippen LogP contribution >= 0.6 is 0 Å². The van der Waals surface area contributed by atoms with Gasteiger partial charge in [0.1, 0.15) is 0 Å². The molecule has 0 bridgehead atoms. The number of morpholine rings is 1. The Kier molecular flexibility index (Phi) is 6.61. The van der Waals surface area contributed by atoms with Gasteiger partial charge in [-0.25, -0.2) is 4.79 Å². The summed E-state index contributed by atoms with van der Waals surface area (Å²) >= 11 is 0. The van der Waals surface area contributed by atoms with Crippen LogP contribution < -0.4 is 5.32 Å². The number of nitrogens with zero attached hydrogens (tertiary/aromatic N) is 2. The van der Waals surface area contributed by atoms with E-state index < -0.39 is 5.97 Å². The molecule has 0 radical (unpaired) electrons. The van der Waals surface area contributed by atoms with Gasteiger partial charge in [0.15, 0.2) is 0 Å². The Morgan fingerprint density at radius 2 is 1.96 bits per heavy atom. The molecule has 144 valence electrons. The second-order valence-corrected chi connectivity index (χ2v) is 7.79. The first-order chi connectivity index (χ1) is 12.1. The molecule has 1 aromatic carbocycles. The van der Waals surface area contributed by atoms with Crippen LogP contribution in [-0.4, -0.2) is 72.8 Å². The topological polar surface area (TPSA) is 82.1 Å². The summed E-state index contributed by atoms with van der Waals surface area (Å²) in [4.78, 5) is 26.7. The summed E-state index contributed by atoms with van der Waals surface area (Å²) in [6.07, 6.45) is -0.192. The highest BCUT2D eigenvalue weighted by molar-refractivity contribution is 5.89. The van der Waals surface area contributed by atoms with Gasteiger partial charge in [0.2, 0.25) is 0 Å². The van der Waals surface area contributed by atoms with E-state index in [4.69, 9.17) is 9.84 Å². The molecule has 0 aromatic heterocycles. The summed E-state index contributed by atoms with van der Waals surface area (Å²) in [5.74, 6) is -0.878. The Balaban J connectivity index is 1.89. The molecule has 1 unspecified atom stereocenters. The smallest absolute Gasteiger partial charge is 0.322 e. The largest absolute Gasteiger partial charge is 0.480 e. The van der Waals surface area contributed by atoms with E-state index in [9.17, 15) is 9.59 Å². The van der Waals surface area contributed by atoms with Crippen molar-refractivity contribution < 1.29 is 19.4 Å². The molecule has 1 atom stereocenters. The standard InChI is InChI=1S/C19H29N3O4/c1-19(2,3)14-5-7-15(8-6-14)20-18(25)22-9-10-26-16(12-22)11-21(4)13-17(23)24/h5-8,16H,9-13H2,1-4H3,(H,20,25)(H,23,24). The fourth-order valence-corrected chi connectivity index (χ4v) is 2.91. The molecular formula is C19H29N3O4. The number of carbonyl (C=O) groups excluding carboxylic acids is 1. The van der Waals surface area contributed by atoms with E-state index in [1.165, 1.54) is 5.56 Å². The number of ether oxygens (including phenoxy) is 1. The molecule has 2 rings (SSSR count). The lowest BCUT2D eigenvalue weighted by atomic mass is 9.87. The molecule has 2 N–H and O–H groups in total. The molecule has 1 aliphatic heterocycles. The fourth-order valence-electron chi connectivity index (χ4n) is 2.91. The number of benzene rings is 1. The van der Waals surface area contributed by atoms with Gasteiger partial charge in [0.25, 0.3) is 0 Å². The van der Waals surface area contributed by atoms with Crippen molar-refractivity contribution in [1.29, 1.82) is 0 Å². The fraction of sp³-hybridized carbons (Fsp3) is 0.579. The summed E-state index contributed by atoms with van der Waals surface area (Å²) < 4.78 is 5.66. The molecule has 7 heteroatoms. The molecular weight excluding hydrogens is 334 g/mol. The van der Waals surface area contributed by atoms with Gasteiger partial charge in [-0.15, -0.1) is 0 Å². The van der Waals surface area contributed by atoms with Crippen molar-refractivity contribution in [3.63, 3.8) is 0 Å². The average Bonchev–Trinajstić information content (AvgIpc) is 2.54. The van der Waals surface area contributed by atoms with Gasteiger partial charge in [-0.1, -0.05) is 32.9 Å². The zero-order chi connectivity index (χ0) is 19.3. The molecule has 7 nitrogen and oxygen atoms in total. The van der Waals surface area contributed by atoms with Gasteiger partial charge in [-0.3, -0.25) is 9.69 Å². The summed E-state index contributed by atoms with van der Waals surface area (Å²) in [5.41, 5.74) is 2.04. The van der Waals surface area contributed by atoms with E-state index in [1.807, 2.05) is 24.3 Å². The zero-order valence-corrected chi connectivity index (χ0v) is 16.0. The first-order valence-electron chi connectivity index (χ1n) is 8.83. The number of amides is 2. The number of hydrogen-bond donors (Lipinski definition) is 2. The molecule has 0 saturated carbocycles. The van der Waals surface area contributed by atoms with E-state index in [2.05, 4.69) is 26.1 Å². The van der Waals surface area contributed by atoms with E-state index in [1.54, 1.807) is 16.8 Å². The normalized spacial score (nSPS) is 18.0. The Hall–Kier alpha value is -2.12. The van der Waals surface area contributed by atoms with E-state index in [0.29, 0.717) is 26.2 Å². The van der Waals surface area contributed by atoms with Crippen LogP contribution in [-0.2, 0) is 14.9 Å². The summed E-state index contributed by atoms with van der Waals surface area (Å²) in [6, 6.07) is 7.72. The Morgan fingerprint density at radius 3 is 2.54 bits per heavy atom. The second-order valence-electron chi connectivity index (χ2n) is 7.79. The van der Waals surface area contributed by atoms with Crippen molar-refractivity contribution in [3.8, 4) is 0 Å². The van der Waals surface area contributed by atoms with E-state index in [0.717, 1.165) is 5.69 Å². The van der Waals surface area contributed by atoms with Crippen LogP contribution in [0.25, 0.3) is 0 Å². The average molecular weight is 363 g/mol. The van der Waals surface area contributed by atoms with Gasteiger partial charge < -0.3 is 20.1 Å². The number of hydrogen-bond acceptors (Lipinski definition) is 4. The number of likely N-dealkylation sites (N-methyl/N-ethyl adjacent to an activating group) is 1. The number of aliphatic carboxylic acids is 1. The maximum atomic E-state index is 12.5. The van der Waals surface area contributed by atoms with Crippen molar-refractivity contribution in [1.82, 2.24) is 9.80 Å². The number of anilines is 1. The lowest BCUT2D eigenvalue weighted by Crippen LogP contribution is -2.50. The Morgan fingerprint density at radius 1 is 1.31 bits per heavy atom. The maximum absolute atomic E-state index is 12.5. The van der Waals surface area contributed by atoms with Crippen molar-refractivity contribution >= 4 is 17.7 Å². The summed E-state index contributed by atoms with van der Waals surface area (Å²) in [5, 5.41) is 11.8. The lowest BCUT2D eigenvalue weighted by Gasteiger charge is -2.34. The summed E-state index contributed by atoms with van der Waals surface area (Å²) in [6.45, 7) is 8.27. The number of carboxylic acid groups (broad SMARTS) is 1. The van der Waals surface area contributed by atoms with Crippen LogP contribution in [0.3, 0.4) is 0 Å². The predicted octanol–water partition coefficient (Wildman–Crippen LogP) is 2.23. The van der Waals surface area contributed by atoms with Crippen LogP contribution in [0.4, 0.5) is 10.5 Å². The van der Waals surface area contributed by atoms with Crippen LogP contribution in [0.15, 0.2) is 24.3 Å². The molecule has 1 saturated heterocycles. The minimum atomic E-state index is -0.878. The molecule has 0 aliphatic carbocycles. The SMILES string of the molecule is CN(CC(=O)O)CC1CN(C(=O)Nc2ccc(C(C)(C)C)cc2)CCO1. The minimum Gasteiger partial charge on any atom is -0.480 e. The Bertz CT molecular complexity index is 625. The predicted molar refractivity (Wildman–Crippen MR) is 101 cm³/mol. The van der Waals surface area contributed by atoms with E-state index >= 15 is 0 Å². The lowest BCUT2D eigenvalue weighted by molar-refractivity contribution is -0.138. The summed E-state index contributed by atoms with van der Waals surface area (Å²) in [7, 11) is 1.73. The van der Waals surface area contributed by atoms with Crippen molar-refractivity contribution in [2.75, 3.05) is 45.2 Å². The number of nitrogens with one attached hydrogen (secondary N) is 1. The monoisotopic (exact) mass is 363 g/mol. The molecule has 0 spiro atoms. The highest BCUT2D eigenvalue weighted by Crippen LogP contribution is 2.23. The van der Waals surface area contributed by atoms with Crippen molar-refractivity contribution in [2.24, 2.45) is 0 Å². The van der Waals surface area contributed by atoms with Gasteiger partial charge in [-0.2, -0.15) is 0 Å². The molecule has 2 amide bonds. The number of carboxylic acids is 1. The molecule has 1 heterocycles. The van der Waals surface area contributed by atoms with Gasteiger partial charge in [-0.05, 0) is 30.2 Å². The number of rotatable bonds is 5. The number of urea groups is 1. The highest BCUT2D eigenvalue weighted by atomic mass is 16.5. The first kappa shape index (κ1) is 20.2. The second kappa shape index (κ2) is 8.51. The van der Waals surface area contributed by atoms with Crippen LogP contribution in [0, 0.1) is 0 Å². The quantitative estimate of drug-likeness (QED) is 0.838. The maximum Gasteiger partial charge on any atom is 0.322 e. The third kappa shape index (κ3) is 6.00. The van der Waals surface area contributed by atoms with Crippen LogP contribution in [0.5, 0.6) is 0 Å². The van der Waals surface area contributed by atoms with Crippen molar-refractivity contribution in [2.45, 2.75) is 32.3 Å².